The fraction of sp³-hybridized carbons (Fsp3) is 0.250. The van der Waals surface area contributed by atoms with Crippen LogP contribution in [0.4, 0.5) is 8.78 Å². The van der Waals surface area contributed by atoms with Crippen molar-refractivity contribution in [2.75, 3.05) is 0 Å². The molecule has 0 saturated carbocycles. The van der Waals surface area contributed by atoms with Gasteiger partial charge in [0.1, 0.15) is 5.69 Å². The standard InChI is InChI=1S/C8H5BrF2INO/c9-2-6-4(8(10)11)1-5(12)7(3-14)13-6/h1,3,8H,2H2. The number of alkyl halides is 3. The fourth-order valence-electron chi connectivity index (χ4n) is 0.936. The molecule has 76 valence electrons. The summed E-state index contributed by atoms with van der Waals surface area (Å²) < 4.78 is 25.4. The Morgan fingerprint density at radius 1 is 1.64 bits per heavy atom. The van der Waals surface area contributed by atoms with Crippen molar-refractivity contribution in [3.05, 3.63) is 26.6 Å². The maximum atomic E-state index is 12.5. The van der Waals surface area contributed by atoms with E-state index in [0.717, 1.165) is 0 Å². The predicted octanol–water partition coefficient (Wildman–Crippen LogP) is 3.33. The quantitative estimate of drug-likeness (QED) is 0.461. The lowest BCUT2D eigenvalue weighted by atomic mass is 10.2. The highest BCUT2D eigenvalue weighted by atomic mass is 127. The summed E-state index contributed by atoms with van der Waals surface area (Å²) in [6, 6.07) is 1.29. The lowest BCUT2D eigenvalue weighted by Gasteiger charge is -2.07. The van der Waals surface area contributed by atoms with Gasteiger partial charge in [-0.05, 0) is 28.7 Å². The number of hydrogen-bond donors (Lipinski definition) is 0. The van der Waals surface area contributed by atoms with E-state index in [1.165, 1.54) is 6.07 Å². The molecule has 0 aliphatic carbocycles. The van der Waals surface area contributed by atoms with Crippen LogP contribution >= 0.6 is 38.5 Å². The molecule has 0 aromatic carbocycles. The molecule has 1 aromatic rings. The van der Waals surface area contributed by atoms with Crippen LogP contribution in [-0.4, -0.2) is 11.3 Å². The average Bonchev–Trinajstić information content (AvgIpc) is 2.17. The third-order valence-corrected chi connectivity index (χ3v) is 2.98. The molecule has 0 aliphatic heterocycles. The number of carbonyl (C=O) groups excluding carboxylic acids is 1. The van der Waals surface area contributed by atoms with E-state index >= 15 is 0 Å². The minimum Gasteiger partial charge on any atom is -0.296 e. The molecule has 1 aromatic heterocycles. The number of aldehydes is 1. The summed E-state index contributed by atoms with van der Waals surface area (Å²) in [4.78, 5) is 14.3. The summed E-state index contributed by atoms with van der Waals surface area (Å²) in [5.41, 5.74) is 0.281. The summed E-state index contributed by atoms with van der Waals surface area (Å²) in [6.45, 7) is 0. The second-order valence-corrected chi connectivity index (χ2v) is 4.17. The van der Waals surface area contributed by atoms with Crippen molar-refractivity contribution in [1.29, 1.82) is 0 Å². The number of nitrogens with zero attached hydrogens (tertiary/aromatic N) is 1. The molecule has 0 atom stereocenters. The molecule has 0 spiro atoms. The van der Waals surface area contributed by atoms with Gasteiger partial charge in [-0.15, -0.1) is 0 Å². The predicted molar refractivity (Wildman–Crippen MR) is 59.9 cm³/mol. The van der Waals surface area contributed by atoms with Crippen molar-refractivity contribution < 1.29 is 13.6 Å². The van der Waals surface area contributed by atoms with E-state index in [4.69, 9.17) is 0 Å². The normalized spacial score (nSPS) is 10.6. The molecular formula is C8H5BrF2INO. The monoisotopic (exact) mass is 375 g/mol. The summed E-state index contributed by atoms with van der Waals surface area (Å²) in [5.74, 6) is 0. The largest absolute Gasteiger partial charge is 0.296 e. The SMILES string of the molecule is O=Cc1nc(CBr)c(C(F)F)cc1I. The van der Waals surface area contributed by atoms with Crippen LogP contribution in [0.3, 0.4) is 0 Å². The van der Waals surface area contributed by atoms with Crippen molar-refractivity contribution in [2.45, 2.75) is 11.8 Å². The summed E-state index contributed by atoms with van der Waals surface area (Å²) in [5, 5.41) is 0.213. The first-order chi connectivity index (χ1) is 6.60. The molecule has 1 rings (SSSR count). The van der Waals surface area contributed by atoms with Crippen LogP contribution in [0.15, 0.2) is 6.07 Å². The molecule has 1 heterocycles. The number of aromatic nitrogens is 1. The lowest BCUT2D eigenvalue weighted by Crippen LogP contribution is -2.02. The maximum Gasteiger partial charge on any atom is 0.265 e. The highest BCUT2D eigenvalue weighted by Gasteiger charge is 2.16. The second-order valence-electron chi connectivity index (χ2n) is 2.44. The van der Waals surface area contributed by atoms with E-state index < -0.39 is 6.43 Å². The Morgan fingerprint density at radius 2 is 2.29 bits per heavy atom. The van der Waals surface area contributed by atoms with Gasteiger partial charge in [0.2, 0.25) is 0 Å². The Hall–Kier alpha value is -0.110. The maximum absolute atomic E-state index is 12.5. The van der Waals surface area contributed by atoms with Crippen LogP contribution in [0.1, 0.15) is 28.2 Å². The molecule has 0 radical (unpaired) electrons. The average molecular weight is 376 g/mol. The van der Waals surface area contributed by atoms with Crippen molar-refractivity contribution in [1.82, 2.24) is 4.98 Å². The third kappa shape index (κ3) is 2.47. The highest BCUT2D eigenvalue weighted by Crippen LogP contribution is 2.26. The molecule has 0 fully saturated rings. The van der Waals surface area contributed by atoms with Gasteiger partial charge in [0.05, 0.1) is 5.69 Å². The third-order valence-electron chi connectivity index (χ3n) is 1.59. The number of carbonyl (C=O) groups is 1. The number of rotatable bonds is 3. The zero-order valence-electron chi connectivity index (χ0n) is 6.81. The van der Waals surface area contributed by atoms with Crippen LogP contribution in [0.5, 0.6) is 0 Å². The Balaban J connectivity index is 3.31. The van der Waals surface area contributed by atoms with Crippen molar-refractivity contribution in [2.24, 2.45) is 0 Å². The van der Waals surface area contributed by atoms with Crippen molar-refractivity contribution in [3.63, 3.8) is 0 Å². The zero-order valence-corrected chi connectivity index (χ0v) is 10.5. The zero-order chi connectivity index (χ0) is 10.7. The van der Waals surface area contributed by atoms with Gasteiger partial charge in [-0.2, -0.15) is 0 Å². The van der Waals surface area contributed by atoms with E-state index in [0.29, 0.717) is 9.86 Å². The summed E-state index contributed by atoms with van der Waals surface area (Å²) in [6.07, 6.45) is -2.01. The molecule has 0 N–H and O–H groups in total. The van der Waals surface area contributed by atoms with Crippen LogP contribution < -0.4 is 0 Å². The smallest absolute Gasteiger partial charge is 0.265 e. The van der Waals surface area contributed by atoms with Gasteiger partial charge < -0.3 is 0 Å². The number of halogens is 4. The first kappa shape index (κ1) is 12.0. The van der Waals surface area contributed by atoms with Gasteiger partial charge >= 0.3 is 0 Å². The van der Waals surface area contributed by atoms with E-state index in [9.17, 15) is 13.6 Å². The summed E-state index contributed by atoms with van der Waals surface area (Å²) in [7, 11) is 0. The Kier molecular flexibility index (Phi) is 4.36. The van der Waals surface area contributed by atoms with Gasteiger partial charge in [0.15, 0.2) is 6.29 Å². The van der Waals surface area contributed by atoms with Gasteiger partial charge in [-0.1, -0.05) is 15.9 Å². The highest BCUT2D eigenvalue weighted by molar-refractivity contribution is 14.1. The second kappa shape index (κ2) is 5.11. The van der Waals surface area contributed by atoms with E-state index in [1.54, 1.807) is 0 Å². The molecule has 0 bridgehead atoms. The first-order valence-electron chi connectivity index (χ1n) is 3.58. The molecule has 0 aliphatic rings. The van der Waals surface area contributed by atoms with Crippen LogP contribution in [0, 0.1) is 3.57 Å². The van der Waals surface area contributed by atoms with E-state index in [2.05, 4.69) is 20.9 Å². The van der Waals surface area contributed by atoms with Crippen LogP contribution in [0.2, 0.25) is 0 Å². The molecule has 6 heteroatoms. The molecule has 0 saturated heterocycles. The first-order valence-corrected chi connectivity index (χ1v) is 5.78. The molecule has 0 amide bonds. The van der Waals surface area contributed by atoms with Crippen molar-refractivity contribution >= 4 is 44.8 Å². The molecule has 0 unspecified atom stereocenters. The minimum atomic E-state index is -2.57. The topological polar surface area (TPSA) is 30.0 Å². The van der Waals surface area contributed by atoms with Gasteiger partial charge in [0.25, 0.3) is 6.43 Å². The Labute approximate surface area is 101 Å². The minimum absolute atomic E-state index is 0.128. The van der Waals surface area contributed by atoms with Gasteiger partial charge in [-0.3, -0.25) is 4.79 Å². The number of pyridine rings is 1. The van der Waals surface area contributed by atoms with E-state index in [-0.39, 0.29) is 22.3 Å². The fourth-order valence-corrected chi connectivity index (χ4v) is 1.97. The lowest BCUT2D eigenvalue weighted by molar-refractivity contribution is 0.111. The van der Waals surface area contributed by atoms with Gasteiger partial charge in [0, 0.05) is 14.5 Å². The number of hydrogen-bond acceptors (Lipinski definition) is 2. The van der Waals surface area contributed by atoms with Gasteiger partial charge in [-0.25, -0.2) is 13.8 Å². The van der Waals surface area contributed by atoms with Crippen LogP contribution in [0.25, 0.3) is 0 Å². The molecule has 2 nitrogen and oxygen atoms in total. The van der Waals surface area contributed by atoms with Crippen LogP contribution in [-0.2, 0) is 5.33 Å². The Morgan fingerprint density at radius 3 is 2.71 bits per heavy atom. The molecule has 14 heavy (non-hydrogen) atoms. The Bertz CT molecular complexity index is 359. The summed E-state index contributed by atoms with van der Waals surface area (Å²) >= 11 is 4.86. The van der Waals surface area contributed by atoms with E-state index in [1.807, 2.05) is 22.6 Å². The van der Waals surface area contributed by atoms with Crippen molar-refractivity contribution in [3.8, 4) is 0 Å². The molecular weight excluding hydrogens is 371 g/mol.